The summed E-state index contributed by atoms with van der Waals surface area (Å²) in [6.45, 7) is 1.89. The fraction of sp³-hybridized carbons (Fsp3) is 0.500. The molecule has 0 fully saturated rings. The van der Waals surface area contributed by atoms with Gasteiger partial charge < -0.3 is 10.5 Å². The predicted molar refractivity (Wildman–Crippen MR) is 50.4 cm³/mol. The molecule has 0 radical (unpaired) electrons. The summed E-state index contributed by atoms with van der Waals surface area (Å²) < 4.78 is 4.51. The summed E-state index contributed by atoms with van der Waals surface area (Å²) in [7, 11) is 1.35. The molecule has 5 heteroatoms. The third-order valence-corrected chi connectivity index (χ3v) is 2.66. The highest BCUT2D eigenvalue weighted by Gasteiger charge is 2.14. The van der Waals surface area contributed by atoms with Crippen molar-refractivity contribution in [3.8, 4) is 0 Å². The molecule has 13 heavy (non-hydrogen) atoms. The Morgan fingerprint density at radius 3 is 3.00 bits per heavy atom. The average Bonchev–Trinajstić information content (AvgIpc) is 2.51. The van der Waals surface area contributed by atoms with Crippen molar-refractivity contribution in [3.05, 3.63) is 16.1 Å². The van der Waals surface area contributed by atoms with Crippen LogP contribution in [-0.2, 0) is 9.53 Å². The Kier molecular flexibility index (Phi) is 3.39. The molecular weight excluding hydrogens is 188 g/mol. The van der Waals surface area contributed by atoms with Crippen LogP contribution in [0.5, 0.6) is 0 Å². The molecule has 0 saturated heterocycles. The maximum absolute atomic E-state index is 10.9. The standard InChI is InChI=1S/C8H12N2O2S/c1-5-4-13-8(10-5)6(9)3-7(11)12-2/h4,6H,3,9H2,1-2H3/t6-/m1/s1. The lowest BCUT2D eigenvalue weighted by Gasteiger charge is -2.05. The van der Waals surface area contributed by atoms with Crippen LogP contribution in [0.15, 0.2) is 5.38 Å². The van der Waals surface area contributed by atoms with E-state index in [4.69, 9.17) is 5.73 Å². The number of nitrogens with two attached hydrogens (primary N) is 1. The van der Waals surface area contributed by atoms with Crippen molar-refractivity contribution < 1.29 is 9.53 Å². The Morgan fingerprint density at radius 2 is 2.54 bits per heavy atom. The van der Waals surface area contributed by atoms with E-state index < -0.39 is 0 Å². The lowest BCUT2D eigenvalue weighted by molar-refractivity contribution is -0.141. The lowest BCUT2D eigenvalue weighted by atomic mass is 10.2. The third kappa shape index (κ3) is 2.78. The lowest BCUT2D eigenvalue weighted by Crippen LogP contribution is -2.16. The molecule has 0 unspecified atom stereocenters. The van der Waals surface area contributed by atoms with Crippen LogP contribution >= 0.6 is 11.3 Å². The van der Waals surface area contributed by atoms with Gasteiger partial charge in [-0.25, -0.2) is 4.98 Å². The van der Waals surface area contributed by atoms with Gasteiger partial charge in [0.1, 0.15) is 5.01 Å². The number of methoxy groups -OCH3 is 1. The summed E-state index contributed by atoms with van der Waals surface area (Å²) in [6.07, 6.45) is 0.184. The number of rotatable bonds is 3. The smallest absolute Gasteiger partial charge is 0.307 e. The normalized spacial score (nSPS) is 12.5. The number of aryl methyl sites for hydroxylation is 1. The molecule has 0 aliphatic carbocycles. The largest absolute Gasteiger partial charge is 0.469 e. The molecule has 1 aromatic rings. The molecule has 0 saturated carbocycles. The van der Waals surface area contributed by atoms with E-state index in [-0.39, 0.29) is 18.4 Å². The number of hydrogen-bond acceptors (Lipinski definition) is 5. The van der Waals surface area contributed by atoms with Crippen molar-refractivity contribution in [3.63, 3.8) is 0 Å². The Balaban J connectivity index is 2.58. The summed E-state index contributed by atoms with van der Waals surface area (Å²) in [4.78, 5) is 15.1. The SMILES string of the molecule is COC(=O)C[C@@H](N)c1nc(C)cs1. The molecule has 0 bridgehead atoms. The first-order chi connectivity index (χ1) is 6.13. The van der Waals surface area contributed by atoms with E-state index in [1.165, 1.54) is 18.4 Å². The summed E-state index contributed by atoms with van der Waals surface area (Å²) in [5, 5.41) is 2.69. The number of esters is 1. The minimum absolute atomic E-state index is 0.184. The Hall–Kier alpha value is -0.940. The molecule has 72 valence electrons. The second-order valence-electron chi connectivity index (χ2n) is 2.71. The molecular formula is C8H12N2O2S. The van der Waals surface area contributed by atoms with E-state index in [2.05, 4.69) is 9.72 Å². The van der Waals surface area contributed by atoms with Crippen molar-refractivity contribution in [2.24, 2.45) is 5.73 Å². The number of carbonyl (C=O) groups excluding carboxylic acids is 1. The molecule has 0 amide bonds. The van der Waals surface area contributed by atoms with Crippen LogP contribution in [0.4, 0.5) is 0 Å². The van der Waals surface area contributed by atoms with E-state index in [0.717, 1.165) is 10.7 Å². The van der Waals surface area contributed by atoms with Crippen molar-refractivity contribution in [2.75, 3.05) is 7.11 Å². The summed E-state index contributed by atoms with van der Waals surface area (Å²) in [5.74, 6) is -0.305. The van der Waals surface area contributed by atoms with E-state index >= 15 is 0 Å². The summed E-state index contributed by atoms with van der Waals surface area (Å²) in [5.41, 5.74) is 6.66. The van der Waals surface area contributed by atoms with E-state index in [1.54, 1.807) is 0 Å². The summed E-state index contributed by atoms with van der Waals surface area (Å²) >= 11 is 1.47. The fourth-order valence-corrected chi connectivity index (χ4v) is 1.69. The number of ether oxygens (including phenoxy) is 1. The van der Waals surface area contributed by atoms with Gasteiger partial charge in [-0.05, 0) is 6.92 Å². The number of aromatic nitrogens is 1. The first-order valence-electron chi connectivity index (χ1n) is 3.88. The Bertz CT molecular complexity index is 298. The highest BCUT2D eigenvalue weighted by atomic mass is 32.1. The molecule has 4 nitrogen and oxygen atoms in total. The van der Waals surface area contributed by atoms with Crippen molar-refractivity contribution in [1.82, 2.24) is 4.98 Å². The predicted octanol–water partition coefficient (Wildman–Crippen LogP) is 1.01. The molecule has 0 aromatic carbocycles. The van der Waals surface area contributed by atoms with Crippen LogP contribution in [0.25, 0.3) is 0 Å². The van der Waals surface area contributed by atoms with Crippen LogP contribution in [0.3, 0.4) is 0 Å². The van der Waals surface area contributed by atoms with Crippen LogP contribution in [0.1, 0.15) is 23.2 Å². The minimum Gasteiger partial charge on any atom is -0.469 e. The molecule has 1 rings (SSSR count). The highest BCUT2D eigenvalue weighted by molar-refractivity contribution is 7.09. The van der Waals surface area contributed by atoms with Crippen molar-refractivity contribution in [1.29, 1.82) is 0 Å². The molecule has 1 atom stereocenters. The van der Waals surface area contributed by atoms with Crippen LogP contribution in [0.2, 0.25) is 0 Å². The monoisotopic (exact) mass is 200 g/mol. The number of hydrogen-bond donors (Lipinski definition) is 1. The average molecular weight is 200 g/mol. The molecule has 1 aromatic heterocycles. The Morgan fingerprint density at radius 1 is 1.85 bits per heavy atom. The van der Waals surface area contributed by atoms with Gasteiger partial charge in [-0.2, -0.15) is 0 Å². The van der Waals surface area contributed by atoms with Crippen LogP contribution < -0.4 is 5.73 Å². The van der Waals surface area contributed by atoms with Gasteiger partial charge in [-0.1, -0.05) is 0 Å². The van der Waals surface area contributed by atoms with Crippen molar-refractivity contribution >= 4 is 17.3 Å². The minimum atomic E-state index is -0.342. The molecule has 2 N–H and O–H groups in total. The van der Waals surface area contributed by atoms with E-state index in [0.29, 0.717) is 0 Å². The number of thiazole rings is 1. The molecule has 0 spiro atoms. The van der Waals surface area contributed by atoms with Gasteiger partial charge in [0.05, 0.1) is 19.6 Å². The quantitative estimate of drug-likeness (QED) is 0.740. The third-order valence-electron chi connectivity index (χ3n) is 1.57. The van der Waals surface area contributed by atoms with Gasteiger partial charge in [-0.15, -0.1) is 11.3 Å². The second kappa shape index (κ2) is 4.34. The molecule has 1 heterocycles. The molecule has 0 aliphatic heterocycles. The van der Waals surface area contributed by atoms with Gasteiger partial charge >= 0.3 is 5.97 Å². The zero-order valence-corrected chi connectivity index (χ0v) is 8.43. The maximum atomic E-state index is 10.9. The van der Waals surface area contributed by atoms with E-state index in [1.807, 2.05) is 12.3 Å². The molecule has 0 aliphatic rings. The summed E-state index contributed by atoms with van der Waals surface area (Å²) in [6, 6.07) is -0.342. The maximum Gasteiger partial charge on any atom is 0.307 e. The zero-order chi connectivity index (χ0) is 9.84. The number of carbonyl (C=O) groups is 1. The van der Waals surface area contributed by atoms with Crippen molar-refractivity contribution in [2.45, 2.75) is 19.4 Å². The first kappa shape index (κ1) is 10.1. The second-order valence-corrected chi connectivity index (χ2v) is 3.60. The fourth-order valence-electron chi connectivity index (χ4n) is 0.893. The van der Waals surface area contributed by atoms with Gasteiger partial charge in [0.15, 0.2) is 0 Å². The van der Waals surface area contributed by atoms with Gasteiger partial charge in [-0.3, -0.25) is 4.79 Å². The topological polar surface area (TPSA) is 65.2 Å². The van der Waals surface area contributed by atoms with Gasteiger partial charge in [0, 0.05) is 11.1 Å². The van der Waals surface area contributed by atoms with Gasteiger partial charge in [0.25, 0.3) is 0 Å². The Labute approximate surface area is 80.7 Å². The van der Waals surface area contributed by atoms with Crippen LogP contribution in [-0.4, -0.2) is 18.1 Å². The van der Waals surface area contributed by atoms with Crippen LogP contribution in [0, 0.1) is 6.92 Å². The van der Waals surface area contributed by atoms with E-state index in [9.17, 15) is 4.79 Å². The van der Waals surface area contributed by atoms with Gasteiger partial charge in [0.2, 0.25) is 0 Å². The highest BCUT2D eigenvalue weighted by Crippen LogP contribution is 2.18. The zero-order valence-electron chi connectivity index (χ0n) is 7.61. The first-order valence-corrected chi connectivity index (χ1v) is 4.76. The number of nitrogens with zero attached hydrogens (tertiary/aromatic N) is 1.